The molecule has 2 aromatic carbocycles. The summed E-state index contributed by atoms with van der Waals surface area (Å²) in [7, 11) is -3.88. The van der Waals surface area contributed by atoms with Crippen LogP contribution in [-0.4, -0.2) is 19.3 Å². The maximum atomic E-state index is 12.7. The Hall–Kier alpha value is -2.42. The molecule has 3 aromatic rings. The third-order valence-corrected chi connectivity index (χ3v) is 6.58. The molecule has 0 aliphatic rings. The second-order valence-electron chi connectivity index (χ2n) is 6.80. The Kier molecular flexibility index (Phi) is 6.26. The lowest BCUT2D eigenvalue weighted by atomic mass is 10.2. The van der Waals surface area contributed by atoms with Crippen LogP contribution in [0.2, 0.25) is 5.02 Å². The third-order valence-electron chi connectivity index (χ3n) is 4.10. The fourth-order valence-corrected chi connectivity index (χ4v) is 4.69. The summed E-state index contributed by atoms with van der Waals surface area (Å²) in [6.45, 7) is 5.88. The lowest BCUT2D eigenvalue weighted by molar-refractivity contribution is 0.102. The second kappa shape index (κ2) is 8.52. The zero-order chi connectivity index (χ0) is 21.2. The first-order chi connectivity index (χ1) is 13.7. The van der Waals surface area contributed by atoms with Gasteiger partial charge >= 0.3 is 0 Å². The molecule has 9 heteroatoms. The van der Waals surface area contributed by atoms with Crippen LogP contribution < -0.4 is 10.0 Å². The summed E-state index contributed by atoms with van der Waals surface area (Å²) in [5.41, 5.74) is 2.29. The lowest BCUT2D eigenvalue weighted by Gasteiger charge is -2.11. The molecule has 2 N–H and O–H groups in total. The number of halogens is 1. The Morgan fingerprint density at radius 3 is 2.59 bits per heavy atom. The topological polar surface area (TPSA) is 88.2 Å². The van der Waals surface area contributed by atoms with E-state index in [1.54, 1.807) is 18.2 Å². The van der Waals surface area contributed by atoms with Gasteiger partial charge in [0, 0.05) is 11.1 Å². The molecule has 29 heavy (non-hydrogen) atoms. The van der Waals surface area contributed by atoms with Gasteiger partial charge in [0.2, 0.25) is 0 Å². The standard InChI is InChI=1S/C20H20ClN3O3S2/c1-12(2)18-11-28-20(22-18)23-19(25)16-10-15(7-8-17(16)21)29(26,27)24-14-6-4-5-13(3)9-14/h4-12,24H,1-3H3,(H,22,23,25). The molecule has 0 unspecified atom stereocenters. The van der Waals surface area contributed by atoms with Gasteiger partial charge in [-0.05, 0) is 48.7 Å². The lowest BCUT2D eigenvalue weighted by Crippen LogP contribution is -2.16. The average molecular weight is 450 g/mol. The van der Waals surface area contributed by atoms with Crippen LogP contribution >= 0.6 is 22.9 Å². The minimum absolute atomic E-state index is 0.0556. The van der Waals surface area contributed by atoms with E-state index in [2.05, 4.69) is 15.0 Å². The number of nitrogens with zero attached hydrogens (tertiary/aromatic N) is 1. The van der Waals surface area contributed by atoms with Crippen LogP contribution in [0.5, 0.6) is 0 Å². The van der Waals surface area contributed by atoms with Crippen LogP contribution in [0.25, 0.3) is 0 Å². The number of hydrogen-bond donors (Lipinski definition) is 2. The average Bonchev–Trinajstić information content (AvgIpc) is 3.10. The van der Waals surface area contributed by atoms with Crippen molar-refractivity contribution in [3.8, 4) is 0 Å². The molecule has 0 bridgehead atoms. The SMILES string of the molecule is Cc1cccc(NS(=O)(=O)c2ccc(Cl)c(C(=O)Nc3nc(C(C)C)cs3)c2)c1. The largest absolute Gasteiger partial charge is 0.298 e. The van der Waals surface area contributed by atoms with Gasteiger partial charge in [-0.15, -0.1) is 11.3 Å². The number of rotatable bonds is 6. The molecule has 0 atom stereocenters. The van der Waals surface area contributed by atoms with E-state index in [0.29, 0.717) is 10.8 Å². The van der Waals surface area contributed by atoms with Crippen LogP contribution in [-0.2, 0) is 10.0 Å². The predicted molar refractivity (Wildman–Crippen MR) is 118 cm³/mol. The van der Waals surface area contributed by atoms with Crippen molar-refractivity contribution in [2.24, 2.45) is 0 Å². The molecule has 0 saturated heterocycles. The Labute approximate surface area is 179 Å². The van der Waals surface area contributed by atoms with E-state index in [9.17, 15) is 13.2 Å². The van der Waals surface area contributed by atoms with Crippen molar-refractivity contribution in [3.63, 3.8) is 0 Å². The van der Waals surface area contributed by atoms with E-state index in [-0.39, 0.29) is 21.4 Å². The molecule has 1 amide bonds. The molecule has 3 rings (SSSR count). The van der Waals surface area contributed by atoms with Crippen LogP contribution in [0.15, 0.2) is 52.7 Å². The molecule has 6 nitrogen and oxygen atoms in total. The van der Waals surface area contributed by atoms with Gasteiger partial charge in [-0.3, -0.25) is 14.8 Å². The van der Waals surface area contributed by atoms with E-state index in [1.165, 1.54) is 29.5 Å². The number of thiazole rings is 1. The summed E-state index contributed by atoms with van der Waals surface area (Å²) in [4.78, 5) is 16.9. The van der Waals surface area contributed by atoms with E-state index in [4.69, 9.17) is 11.6 Å². The third kappa shape index (κ3) is 5.14. The van der Waals surface area contributed by atoms with Crippen LogP contribution in [0.3, 0.4) is 0 Å². The first-order valence-electron chi connectivity index (χ1n) is 8.81. The number of hydrogen-bond acceptors (Lipinski definition) is 5. The van der Waals surface area contributed by atoms with Crippen molar-refractivity contribution in [2.45, 2.75) is 31.6 Å². The van der Waals surface area contributed by atoms with E-state index < -0.39 is 15.9 Å². The van der Waals surface area contributed by atoms with Crippen molar-refractivity contribution in [2.75, 3.05) is 10.0 Å². The Morgan fingerprint density at radius 2 is 1.93 bits per heavy atom. The number of carbonyl (C=O) groups is 1. The minimum atomic E-state index is -3.88. The maximum Gasteiger partial charge on any atom is 0.261 e. The molecule has 0 saturated carbocycles. The first kappa shape index (κ1) is 21.3. The smallest absolute Gasteiger partial charge is 0.261 e. The molecule has 0 fully saturated rings. The highest BCUT2D eigenvalue weighted by Gasteiger charge is 2.20. The summed E-state index contributed by atoms with van der Waals surface area (Å²) < 4.78 is 28.0. The highest BCUT2D eigenvalue weighted by molar-refractivity contribution is 7.92. The zero-order valence-corrected chi connectivity index (χ0v) is 18.5. The van der Waals surface area contributed by atoms with E-state index in [0.717, 1.165) is 11.3 Å². The molecule has 0 radical (unpaired) electrons. The van der Waals surface area contributed by atoms with Crippen LogP contribution in [0.4, 0.5) is 10.8 Å². The monoisotopic (exact) mass is 449 g/mol. The van der Waals surface area contributed by atoms with Gasteiger partial charge in [-0.1, -0.05) is 37.6 Å². The second-order valence-corrected chi connectivity index (χ2v) is 9.75. The molecular formula is C20H20ClN3O3S2. The summed E-state index contributed by atoms with van der Waals surface area (Å²) in [5, 5.41) is 5.13. The molecule has 1 heterocycles. The Bertz CT molecular complexity index is 1160. The Balaban J connectivity index is 1.85. The normalized spacial score (nSPS) is 11.5. The molecular weight excluding hydrogens is 430 g/mol. The summed E-state index contributed by atoms with van der Waals surface area (Å²) in [6, 6.07) is 11.0. The molecule has 0 aliphatic carbocycles. The fourth-order valence-electron chi connectivity index (χ4n) is 2.54. The number of nitrogens with one attached hydrogen (secondary N) is 2. The van der Waals surface area contributed by atoms with Gasteiger partial charge in [-0.25, -0.2) is 13.4 Å². The van der Waals surface area contributed by atoms with Crippen molar-refractivity contribution >= 4 is 49.7 Å². The van der Waals surface area contributed by atoms with Crippen molar-refractivity contribution < 1.29 is 13.2 Å². The number of aromatic nitrogens is 1. The predicted octanol–water partition coefficient (Wildman–Crippen LogP) is 5.28. The van der Waals surface area contributed by atoms with Crippen molar-refractivity contribution in [3.05, 3.63) is 69.7 Å². The Morgan fingerprint density at radius 1 is 1.17 bits per heavy atom. The number of aryl methyl sites for hydroxylation is 1. The first-order valence-corrected chi connectivity index (χ1v) is 11.6. The van der Waals surface area contributed by atoms with Gasteiger partial charge < -0.3 is 0 Å². The van der Waals surface area contributed by atoms with Gasteiger partial charge in [0.25, 0.3) is 15.9 Å². The van der Waals surface area contributed by atoms with Gasteiger partial charge in [-0.2, -0.15) is 0 Å². The quantitative estimate of drug-likeness (QED) is 0.535. The molecule has 152 valence electrons. The van der Waals surface area contributed by atoms with Crippen molar-refractivity contribution in [1.29, 1.82) is 0 Å². The highest BCUT2D eigenvalue weighted by Crippen LogP contribution is 2.26. The van der Waals surface area contributed by atoms with Gasteiger partial charge in [0.1, 0.15) is 0 Å². The summed E-state index contributed by atoms with van der Waals surface area (Å²) in [6.07, 6.45) is 0. The highest BCUT2D eigenvalue weighted by atomic mass is 35.5. The molecule has 0 aliphatic heterocycles. The van der Waals surface area contributed by atoms with Gasteiger partial charge in [0.15, 0.2) is 5.13 Å². The molecule has 0 spiro atoms. The van der Waals surface area contributed by atoms with E-state index in [1.807, 2.05) is 32.2 Å². The summed E-state index contributed by atoms with van der Waals surface area (Å²) >= 11 is 7.45. The van der Waals surface area contributed by atoms with Gasteiger partial charge in [0.05, 0.1) is 21.2 Å². The fraction of sp³-hybridized carbons (Fsp3) is 0.200. The molecule has 1 aromatic heterocycles. The van der Waals surface area contributed by atoms with Crippen LogP contribution in [0.1, 0.15) is 41.4 Å². The van der Waals surface area contributed by atoms with Crippen molar-refractivity contribution in [1.82, 2.24) is 4.98 Å². The number of benzene rings is 2. The van der Waals surface area contributed by atoms with Crippen LogP contribution in [0, 0.1) is 6.92 Å². The minimum Gasteiger partial charge on any atom is -0.298 e. The zero-order valence-electron chi connectivity index (χ0n) is 16.1. The number of sulfonamides is 1. The maximum absolute atomic E-state index is 12.7. The number of carbonyl (C=O) groups excluding carboxylic acids is 1. The number of anilines is 2. The number of amides is 1. The summed E-state index contributed by atoms with van der Waals surface area (Å²) in [5.74, 6) is -0.283. The van der Waals surface area contributed by atoms with E-state index >= 15 is 0 Å².